The van der Waals surface area contributed by atoms with E-state index < -0.39 is 0 Å². The monoisotopic (exact) mass is 298 g/mol. The average Bonchev–Trinajstić information content (AvgIpc) is 2.94. The summed E-state index contributed by atoms with van der Waals surface area (Å²) in [7, 11) is 0. The topological polar surface area (TPSA) is 70.7 Å². The van der Waals surface area contributed by atoms with E-state index in [1.807, 2.05) is 42.6 Å². The molecule has 0 amide bonds. The molecule has 0 fully saturated rings. The van der Waals surface area contributed by atoms with Gasteiger partial charge in [0.1, 0.15) is 0 Å². The van der Waals surface area contributed by atoms with Crippen molar-refractivity contribution in [3.8, 4) is 11.3 Å². The Balaban J connectivity index is 1.87. The van der Waals surface area contributed by atoms with E-state index in [0.717, 1.165) is 11.3 Å². The largest absolute Gasteiger partial charge is 0.302 e. The predicted octanol–water partition coefficient (Wildman–Crippen LogP) is 3.25. The highest BCUT2D eigenvalue weighted by Gasteiger charge is 2.07. The normalized spacial score (nSPS) is 10.6. The summed E-state index contributed by atoms with van der Waals surface area (Å²) in [5.41, 5.74) is 3.16. The Morgan fingerprint density at radius 3 is 2.62 bits per heavy atom. The molecule has 0 saturated carbocycles. The molecular formula is C15H14N4OS. The molecule has 1 aromatic carbocycles. The highest BCUT2D eigenvalue weighted by molar-refractivity contribution is 7.14. The third-order valence-electron chi connectivity index (χ3n) is 3.19. The standard InChI is InChI=1S/C15H14N4OS/c1-9-10(2)16-14(18-13(9)20)19-15-17-12(8-21-15)11-6-4-3-5-7-11/h3-8H,1-2H3,(H2,16,17,18,19,20). The van der Waals surface area contributed by atoms with Crippen molar-refractivity contribution in [2.75, 3.05) is 5.32 Å². The quantitative estimate of drug-likeness (QED) is 0.778. The Hall–Kier alpha value is -2.47. The molecule has 0 atom stereocenters. The van der Waals surface area contributed by atoms with Crippen LogP contribution in [0.4, 0.5) is 11.1 Å². The van der Waals surface area contributed by atoms with Crippen LogP contribution in [0, 0.1) is 13.8 Å². The third-order valence-corrected chi connectivity index (χ3v) is 3.95. The van der Waals surface area contributed by atoms with Gasteiger partial charge in [0, 0.05) is 22.2 Å². The van der Waals surface area contributed by atoms with E-state index in [0.29, 0.717) is 22.3 Å². The molecule has 0 radical (unpaired) electrons. The fraction of sp³-hybridized carbons (Fsp3) is 0.133. The van der Waals surface area contributed by atoms with Crippen LogP contribution in [0.3, 0.4) is 0 Å². The van der Waals surface area contributed by atoms with Crippen molar-refractivity contribution in [1.82, 2.24) is 15.0 Å². The Bertz CT molecular complexity index is 823. The molecule has 3 rings (SSSR count). The summed E-state index contributed by atoms with van der Waals surface area (Å²) in [5, 5.41) is 5.71. The SMILES string of the molecule is Cc1nc(Nc2nc(-c3ccccc3)cs2)[nH]c(=O)c1C. The molecule has 0 saturated heterocycles. The minimum atomic E-state index is -0.134. The number of thiazole rings is 1. The Morgan fingerprint density at radius 2 is 1.90 bits per heavy atom. The minimum absolute atomic E-state index is 0.134. The van der Waals surface area contributed by atoms with Crippen molar-refractivity contribution in [1.29, 1.82) is 0 Å². The Kier molecular flexibility index (Phi) is 3.53. The zero-order valence-electron chi connectivity index (χ0n) is 11.7. The van der Waals surface area contributed by atoms with Gasteiger partial charge in [-0.3, -0.25) is 9.78 Å². The van der Waals surface area contributed by atoms with Crippen LogP contribution >= 0.6 is 11.3 Å². The fourth-order valence-corrected chi connectivity index (χ4v) is 2.60. The zero-order chi connectivity index (χ0) is 14.8. The average molecular weight is 298 g/mol. The number of benzene rings is 1. The second kappa shape index (κ2) is 5.49. The van der Waals surface area contributed by atoms with Crippen molar-refractivity contribution >= 4 is 22.4 Å². The first-order valence-corrected chi connectivity index (χ1v) is 7.37. The highest BCUT2D eigenvalue weighted by atomic mass is 32.1. The molecular weight excluding hydrogens is 284 g/mol. The highest BCUT2D eigenvalue weighted by Crippen LogP contribution is 2.25. The summed E-state index contributed by atoms with van der Waals surface area (Å²) in [5.74, 6) is 0.414. The van der Waals surface area contributed by atoms with Crippen LogP contribution in [-0.4, -0.2) is 15.0 Å². The first-order valence-electron chi connectivity index (χ1n) is 6.49. The Labute approximate surface area is 125 Å². The maximum atomic E-state index is 11.7. The van der Waals surface area contributed by atoms with Crippen LogP contribution < -0.4 is 10.9 Å². The summed E-state index contributed by atoms with van der Waals surface area (Å²) in [6.07, 6.45) is 0. The number of hydrogen-bond donors (Lipinski definition) is 2. The van der Waals surface area contributed by atoms with Gasteiger partial charge in [-0.15, -0.1) is 11.3 Å². The van der Waals surface area contributed by atoms with E-state index in [2.05, 4.69) is 20.3 Å². The van der Waals surface area contributed by atoms with Gasteiger partial charge in [0.25, 0.3) is 5.56 Å². The van der Waals surface area contributed by atoms with Crippen molar-refractivity contribution in [3.63, 3.8) is 0 Å². The molecule has 0 aliphatic rings. The summed E-state index contributed by atoms with van der Waals surface area (Å²) in [6, 6.07) is 9.94. The van der Waals surface area contributed by atoms with E-state index in [1.54, 1.807) is 6.92 Å². The smallest absolute Gasteiger partial charge is 0.255 e. The zero-order valence-corrected chi connectivity index (χ0v) is 12.5. The molecule has 0 spiro atoms. The minimum Gasteiger partial charge on any atom is -0.302 e. The van der Waals surface area contributed by atoms with Gasteiger partial charge in [0.15, 0.2) is 5.13 Å². The van der Waals surface area contributed by atoms with Gasteiger partial charge < -0.3 is 5.32 Å². The van der Waals surface area contributed by atoms with Crippen LogP contribution in [0.15, 0.2) is 40.5 Å². The van der Waals surface area contributed by atoms with Crippen LogP contribution in [0.25, 0.3) is 11.3 Å². The molecule has 0 bridgehead atoms. The van der Waals surface area contributed by atoms with Gasteiger partial charge in [0.05, 0.1) is 5.69 Å². The van der Waals surface area contributed by atoms with Gasteiger partial charge in [0.2, 0.25) is 5.95 Å². The predicted molar refractivity (Wildman–Crippen MR) is 85.2 cm³/mol. The Morgan fingerprint density at radius 1 is 1.14 bits per heavy atom. The first-order chi connectivity index (χ1) is 10.1. The molecule has 3 aromatic rings. The second-order valence-electron chi connectivity index (χ2n) is 4.65. The van der Waals surface area contributed by atoms with Crippen molar-refractivity contribution in [2.45, 2.75) is 13.8 Å². The van der Waals surface area contributed by atoms with E-state index in [-0.39, 0.29) is 5.56 Å². The number of hydrogen-bond acceptors (Lipinski definition) is 5. The number of nitrogens with zero attached hydrogens (tertiary/aromatic N) is 2. The molecule has 2 aromatic heterocycles. The molecule has 0 aliphatic carbocycles. The lowest BCUT2D eigenvalue weighted by Crippen LogP contribution is -2.15. The van der Waals surface area contributed by atoms with Gasteiger partial charge in [-0.1, -0.05) is 30.3 Å². The van der Waals surface area contributed by atoms with Gasteiger partial charge in [-0.05, 0) is 13.8 Å². The van der Waals surface area contributed by atoms with E-state index >= 15 is 0 Å². The van der Waals surface area contributed by atoms with Crippen molar-refractivity contribution in [3.05, 3.63) is 57.3 Å². The molecule has 0 unspecified atom stereocenters. The van der Waals surface area contributed by atoms with Crippen LogP contribution in [0.1, 0.15) is 11.3 Å². The molecule has 5 nitrogen and oxygen atoms in total. The lowest BCUT2D eigenvalue weighted by atomic mass is 10.2. The molecule has 6 heteroatoms. The van der Waals surface area contributed by atoms with Crippen molar-refractivity contribution < 1.29 is 0 Å². The summed E-state index contributed by atoms with van der Waals surface area (Å²) < 4.78 is 0. The number of aryl methyl sites for hydroxylation is 1. The maximum absolute atomic E-state index is 11.7. The lowest BCUT2D eigenvalue weighted by Gasteiger charge is -2.04. The van der Waals surface area contributed by atoms with Crippen molar-refractivity contribution in [2.24, 2.45) is 0 Å². The van der Waals surface area contributed by atoms with Gasteiger partial charge in [-0.25, -0.2) is 9.97 Å². The molecule has 106 valence electrons. The van der Waals surface area contributed by atoms with E-state index in [1.165, 1.54) is 11.3 Å². The molecule has 2 heterocycles. The van der Waals surface area contributed by atoms with E-state index in [4.69, 9.17) is 0 Å². The van der Waals surface area contributed by atoms with E-state index in [9.17, 15) is 4.79 Å². The number of H-pyrrole nitrogens is 1. The van der Waals surface area contributed by atoms with Gasteiger partial charge in [-0.2, -0.15) is 0 Å². The molecule has 2 N–H and O–H groups in total. The maximum Gasteiger partial charge on any atom is 0.255 e. The van der Waals surface area contributed by atoms with Crippen LogP contribution in [0.2, 0.25) is 0 Å². The summed E-state index contributed by atoms with van der Waals surface area (Å²) in [6.45, 7) is 3.56. The number of nitrogens with one attached hydrogen (secondary N) is 2. The van der Waals surface area contributed by atoms with Gasteiger partial charge >= 0.3 is 0 Å². The number of aromatic nitrogens is 3. The first kappa shape index (κ1) is 13.5. The molecule has 21 heavy (non-hydrogen) atoms. The third kappa shape index (κ3) is 2.85. The van der Waals surface area contributed by atoms with Crippen LogP contribution in [0.5, 0.6) is 0 Å². The fourth-order valence-electron chi connectivity index (χ4n) is 1.88. The lowest BCUT2D eigenvalue weighted by molar-refractivity contribution is 1.03. The number of rotatable bonds is 3. The second-order valence-corrected chi connectivity index (χ2v) is 5.51. The number of aromatic amines is 1. The summed E-state index contributed by atoms with van der Waals surface area (Å²) >= 11 is 1.47. The summed E-state index contributed by atoms with van der Waals surface area (Å²) in [4.78, 5) is 23.2. The molecule has 0 aliphatic heterocycles. The van der Waals surface area contributed by atoms with Crippen LogP contribution in [-0.2, 0) is 0 Å². The number of anilines is 2.